The minimum Gasteiger partial charge on any atom is -0.460 e. The third-order valence-corrected chi connectivity index (χ3v) is 6.81. The summed E-state index contributed by atoms with van der Waals surface area (Å²) in [5, 5.41) is 15.7. The summed E-state index contributed by atoms with van der Waals surface area (Å²) < 4.78 is 50.2. The van der Waals surface area contributed by atoms with Crippen molar-refractivity contribution in [2.75, 3.05) is 72.6 Å². The van der Waals surface area contributed by atoms with Crippen LogP contribution in [0.3, 0.4) is 0 Å². The first-order valence-corrected chi connectivity index (χ1v) is 19.1. The van der Waals surface area contributed by atoms with Gasteiger partial charge in [0.25, 0.3) is 0 Å². The fraction of sp³-hybridized carbons (Fsp3) is 0.750. The molecule has 56 heavy (non-hydrogen) atoms. The summed E-state index contributed by atoms with van der Waals surface area (Å²) in [6.07, 6.45) is -1.26. The van der Waals surface area contributed by atoms with Crippen LogP contribution in [0.2, 0.25) is 0 Å². The molecular formula is C40H68N2O14. The Hall–Kier alpha value is -3.22. The zero-order valence-corrected chi connectivity index (χ0v) is 35.0. The largest absolute Gasteiger partial charge is 0.460 e. The van der Waals surface area contributed by atoms with E-state index < -0.39 is 52.6 Å². The average molecular weight is 801 g/mol. The van der Waals surface area contributed by atoms with Crippen molar-refractivity contribution in [1.29, 1.82) is 0 Å². The van der Waals surface area contributed by atoms with Crippen LogP contribution in [0.15, 0.2) is 30.3 Å². The second-order valence-corrected chi connectivity index (χ2v) is 16.1. The Balaban J connectivity index is 2.75. The van der Waals surface area contributed by atoms with Crippen molar-refractivity contribution in [3.05, 3.63) is 35.9 Å². The molecule has 0 aliphatic carbocycles. The van der Waals surface area contributed by atoms with Gasteiger partial charge >= 0.3 is 17.9 Å². The van der Waals surface area contributed by atoms with Crippen molar-refractivity contribution >= 4 is 23.8 Å². The molecule has 0 bridgehead atoms. The smallest absolute Gasteiger partial charge is 0.308 e. The number of ether oxygens (including phenoxy) is 9. The van der Waals surface area contributed by atoms with E-state index in [2.05, 4.69) is 10.6 Å². The van der Waals surface area contributed by atoms with Gasteiger partial charge in [0, 0.05) is 13.0 Å². The quantitative estimate of drug-likeness (QED) is 0.0460. The highest BCUT2D eigenvalue weighted by atomic mass is 16.6. The molecule has 0 heterocycles. The first-order valence-electron chi connectivity index (χ1n) is 19.1. The Kier molecular flexibility index (Phi) is 24.2. The van der Waals surface area contributed by atoms with Crippen molar-refractivity contribution in [2.45, 2.75) is 123 Å². The summed E-state index contributed by atoms with van der Waals surface area (Å²) in [6, 6.07) is 9.49. The van der Waals surface area contributed by atoms with Crippen LogP contribution in [0.25, 0.3) is 0 Å². The predicted molar refractivity (Wildman–Crippen MR) is 206 cm³/mol. The van der Waals surface area contributed by atoms with Gasteiger partial charge in [-0.25, -0.2) is 0 Å². The van der Waals surface area contributed by atoms with Gasteiger partial charge in [0.1, 0.15) is 22.3 Å². The lowest BCUT2D eigenvalue weighted by molar-refractivity contribution is -0.157. The van der Waals surface area contributed by atoms with E-state index in [-0.39, 0.29) is 91.8 Å². The molecule has 0 aliphatic rings. The fourth-order valence-electron chi connectivity index (χ4n) is 4.59. The number of aliphatic hydroxyl groups excluding tert-OH is 1. The molecule has 3 N–H and O–H groups in total. The van der Waals surface area contributed by atoms with Crippen LogP contribution in [-0.2, 0) is 68.4 Å². The Morgan fingerprint density at radius 2 is 0.982 bits per heavy atom. The standard InChI is InChI=1S/C40H68N2O14/c1-37(2,3)54-33(44)16-21-50-28-40(29-51-22-17-34(45)55-38(4,5)6,30-52-23-18-35(46)56-39(7,8)9)42-32(43)15-20-48-25-26-49-24-19-41-36(47)53-27-31-13-11-10-12-14-31/h10-14,36,41,47H,15-30H2,1-9H3,(H,42,43). The van der Waals surface area contributed by atoms with E-state index in [4.69, 9.17) is 42.6 Å². The number of carbonyl (C=O) groups is 4. The van der Waals surface area contributed by atoms with Crippen molar-refractivity contribution < 1.29 is 66.9 Å². The van der Waals surface area contributed by atoms with E-state index in [0.29, 0.717) is 13.2 Å². The van der Waals surface area contributed by atoms with Gasteiger partial charge < -0.3 is 53.1 Å². The summed E-state index contributed by atoms with van der Waals surface area (Å²) in [7, 11) is 0. The minimum absolute atomic E-state index is 0.0132. The van der Waals surface area contributed by atoms with E-state index in [1.807, 2.05) is 30.3 Å². The van der Waals surface area contributed by atoms with E-state index in [0.717, 1.165) is 5.56 Å². The number of amides is 1. The number of rotatable bonds is 29. The van der Waals surface area contributed by atoms with Crippen molar-refractivity contribution in [3.8, 4) is 0 Å². The van der Waals surface area contributed by atoms with Crippen LogP contribution in [0, 0.1) is 0 Å². The Morgan fingerprint density at radius 1 is 0.571 bits per heavy atom. The highest BCUT2D eigenvalue weighted by Crippen LogP contribution is 2.14. The minimum atomic E-state index is -1.28. The first-order chi connectivity index (χ1) is 26.2. The van der Waals surface area contributed by atoms with Crippen LogP contribution < -0.4 is 10.6 Å². The van der Waals surface area contributed by atoms with Gasteiger partial charge in [-0.15, -0.1) is 0 Å². The van der Waals surface area contributed by atoms with Crippen molar-refractivity contribution in [3.63, 3.8) is 0 Å². The summed E-state index contributed by atoms with van der Waals surface area (Å²) in [4.78, 5) is 50.2. The van der Waals surface area contributed by atoms with E-state index in [1.165, 1.54) is 0 Å². The average Bonchev–Trinajstić information content (AvgIpc) is 3.07. The molecule has 1 aromatic rings. The fourth-order valence-corrected chi connectivity index (χ4v) is 4.59. The second kappa shape index (κ2) is 26.7. The molecule has 0 aromatic heterocycles. The SMILES string of the molecule is CC(C)(C)OC(=O)CCOCC(COCCC(=O)OC(C)(C)C)(COCCC(=O)OC(C)(C)C)NC(=O)CCOCCOCCNC(O)OCc1ccccc1. The normalized spacial score (nSPS) is 12.9. The number of hydrogen-bond acceptors (Lipinski definition) is 15. The van der Waals surface area contributed by atoms with Gasteiger partial charge in [-0.3, -0.25) is 24.5 Å². The van der Waals surface area contributed by atoms with Crippen molar-refractivity contribution in [1.82, 2.24) is 10.6 Å². The summed E-state index contributed by atoms with van der Waals surface area (Å²) >= 11 is 0. The highest BCUT2D eigenvalue weighted by Gasteiger charge is 2.34. The van der Waals surface area contributed by atoms with Crippen LogP contribution in [0.4, 0.5) is 0 Å². The van der Waals surface area contributed by atoms with Gasteiger partial charge in [-0.05, 0) is 67.9 Å². The number of benzene rings is 1. The van der Waals surface area contributed by atoms with E-state index >= 15 is 0 Å². The maximum absolute atomic E-state index is 13.3. The molecule has 1 atom stereocenters. The highest BCUT2D eigenvalue weighted by molar-refractivity contribution is 5.77. The molecule has 1 aromatic carbocycles. The molecule has 1 unspecified atom stereocenters. The van der Waals surface area contributed by atoms with Crippen LogP contribution in [-0.4, -0.2) is 130 Å². The zero-order chi connectivity index (χ0) is 42.1. The monoisotopic (exact) mass is 800 g/mol. The van der Waals surface area contributed by atoms with Gasteiger partial charge in [0.15, 0.2) is 0 Å². The number of hydrogen-bond donors (Lipinski definition) is 3. The third-order valence-electron chi connectivity index (χ3n) is 6.81. The molecule has 0 saturated carbocycles. The molecule has 16 nitrogen and oxygen atoms in total. The van der Waals surface area contributed by atoms with Gasteiger partial charge in [0.05, 0.1) is 91.9 Å². The summed E-state index contributed by atoms with van der Waals surface area (Å²) in [5.74, 6) is -1.74. The summed E-state index contributed by atoms with van der Waals surface area (Å²) in [5.41, 5.74) is -2.32. The van der Waals surface area contributed by atoms with Gasteiger partial charge in [0.2, 0.25) is 12.3 Å². The molecule has 0 spiro atoms. The van der Waals surface area contributed by atoms with E-state index in [9.17, 15) is 24.3 Å². The van der Waals surface area contributed by atoms with Gasteiger partial charge in [-0.1, -0.05) is 30.3 Å². The number of carbonyl (C=O) groups excluding carboxylic acids is 4. The number of esters is 3. The van der Waals surface area contributed by atoms with Crippen LogP contribution in [0.1, 0.15) is 93.6 Å². The summed E-state index contributed by atoms with van der Waals surface area (Å²) in [6.45, 7) is 16.9. The maximum Gasteiger partial charge on any atom is 0.308 e. The molecule has 0 radical (unpaired) electrons. The molecule has 322 valence electrons. The molecule has 1 amide bonds. The van der Waals surface area contributed by atoms with E-state index in [1.54, 1.807) is 62.3 Å². The lowest BCUT2D eigenvalue weighted by atomic mass is 10.0. The number of aliphatic hydroxyl groups is 1. The topological polar surface area (TPSA) is 196 Å². The Morgan fingerprint density at radius 3 is 1.41 bits per heavy atom. The molecule has 16 heteroatoms. The van der Waals surface area contributed by atoms with Crippen LogP contribution in [0.5, 0.6) is 0 Å². The predicted octanol–water partition coefficient (Wildman–Crippen LogP) is 3.59. The second-order valence-electron chi connectivity index (χ2n) is 16.1. The Bertz CT molecular complexity index is 1170. The Labute approximate surface area is 332 Å². The molecule has 1 rings (SSSR count). The van der Waals surface area contributed by atoms with Crippen LogP contribution >= 0.6 is 0 Å². The lowest BCUT2D eigenvalue weighted by Crippen LogP contribution is -2.59. The molecule has 0 saturated heterocycles. The van der Waals surface area contributed by atoms with Crippen molar-refractivity contribution in [2.24, 2.45) is 0 Å². The molecular weight excluding hydrogens is 732 g/mol. The third kappa shape index (κ3) is 29.1. The zero-order valence-electron chi connectivity index (χ0n) is 35.0. The van der Waals surface area contributed by atoms with Gasteiger partial charge in [-0.2, -0.15) is 0 Å². The number of nitrogens with one attached hydrogen (secondary N) is 2. The lowest BCUT2D eigenvalue weighted by Gasteiger charge is -2.34. The maximum atomic E-state index is 13.3. The first kappa shape index (κ1) is 50.8. The molecule has 0 fully saturated rings. The molecule has 0 aliphatic heterocycles.